The van der Waals surface area contributed by atoms with Gasteiger partial charge in [-0.1, -0.05) is 18.0 Å². The first-order valence-corrected chi connectivity index (χ1v) is 6.99. The summed E-state index contributed by atoms with van der Waals surface area (Å²) < 4.78 is 4.90. The maximum absolute atomic E-state index is 12.5. The van der Waals surface area contributed by atoms with Crippen molar-refractivity contribution >= 4 is 5.91 Å². The molecule has 0 unspecified atom stereocenters. The summed E-state index contributed by atoms with van der Waals surface area (Å²) in [5, 5.41) is 10.2. The molecule has 2 atom stereocenters. The highest BCUT2D eigenvalue weighted by Gasteiger charge is 2.49. The second-order valence-electron chi connectivity index (χ2n) is 5.64. The van der Waals surface area contributed by atoms with Crippen LogP contribution in [-0.4, -0.2) is 29.1 Å². The van der Waals surface area contributed by atoms with Crippen LogP contribution >= 0.6 is 0 Å². The molecule has 2 fully saturated rings. The number of amides is 1. The average molecular weight is 264 g/mol. The number of carbonyl (C=O) groups excluding carboxylic acids is 1. The van der Waals surface area contributed by atoms with Crippen LogP contribution in [0.15, 0.2) is 4.52 Å². The molecule has 3 rings (SSSR count). The van der Waals surface area contributed by atoms with Crippen LogP contribution in [0.5, 0.6) is 0 Å². The first-order chi connectivity index (χ1) is 9.21. The highest BCUT2D eigenvalue weighted by Crippen LogP contribution is 2.43. The van der Waals surface area contributed by atoms with Crippen LogP contribution in [0.1, 0.15) is 37.4 Å². The van der Waals surface area contributed by atoms with E-state index in [1.54, 1.807) is 6.92 Å². The summed E-state index contributed by atoms with van der Waals surface area (Å²) in [6, 6.07) is 0. The zero-order valence-corrected chi connectivity index (χ0v) is 11.2. The quantitative estimate of drug-likeness (QED) is 0.843. The molecule has 19 heavy (non-hydrogen) atoms. The fraction of sp³-hybridized carbons (Fsp3) is 0.769. The standard InChI is InChI=1S/C13H20N4O2/c1-9-16-11(17-19-9)7-15-12(18)13-5-3-2-4-10(13)6-14-8-13/h10,14H,2-8H2,1H3,(H,15,18)/t10-,13+/m0/s1. The molecule has 1 aliphatic carbocycles. The molecule has 6 heteroatoms. The average Bonchev–Trinajstić information content (AvgIpc) is 3.02. The highest BCUT2D eigenvalue weighted by atomic mass is 16.5. The minimum absolute atomic E-state index is 0.143. The van der Waals surface area contributed by atoms with Gasteiger partial charge in [0.1, 0.15) is 0 Å². The van der Waals surface area contributed by atoms with E-state index in [1.165, 1.54) is 6.42 Å². The van der Waals surface area contributed by atoms with E-state index in [9.17, 15) is 4.79 Å². The zero-order chi connectivity index (χ0) is 13.3. The van der Waals surface area contributed by atoms with Gasteiger partial charge in [-0.15, -0.1) is 0 Å². The molecule has 1 aromatic heterocycles. The van der Waals surface area contributed by atoms with E-state index in [0.29, 0.717) is 24.2 Å². The number of aryl methyl sites for hydroxylation is 1. The molecule has 0 spiro atoms. The summed E-state index contributed by atoms with van der Waals surface area (Å²) in [6.45, 7) is 3.86. The van der Waals surface area contributed by atoms with E-state index >= 15 is 0 Å². The molecular formula is C13H20N4O2. The largest absolute Gasteiger partial charge is 0.348 e. The van der Waals surface area contributed by atoms with E-state index in [4.69, 9.17) is 4.52 Å². The monoisotopic (exact) mass is 264 g/mol. The number of aromatic nitrogens is 2. The number of carbonyl (C=O) groups is 1. The Kier molecular flexibility index (Phi) is 3.26. The van der Waals surface area contributed by atoms with Crippen molar-refractivity contribution in [3.63, 3.8) is 0 Å². The van der Waals surface area contributed by atoms with Crippen LogP contribution in [0.2, 0.25) is 0 Å². The van der Waals surface area contributed by atoms with Gasteiger partial charge >= 0.3 is 0 Å². The first kappa shape index (κ1) is 12.6. The molecule has 0 radical (unpaired) electrons. The third-order valence-electron chi connectivity index (χ3n) is 4.47. The van der Waals surface area contributed by atoms with Crippen LogP contribution < -0.4 is 10.6 Å². The Bertz CT molecular complexity index is 473. The molecule has 1 saturated heterocycles. The second-order valence-corrected chi connectivity index (χ2v) is 5.64. The summed E-state index contributed by atoms with van der Waals surface area (Å²) in [5.41, 5.74) is -0.211. The molecule has 2 aliphatic rings. The SMILES string of the molecule is Cc1nc(CNC(=O)[C@@]23CCCC[C@H]2CNC3)no1. The molecule has 2 N–H and O–H groups in total. The fourth-order valence-corrected chi connectivity index (χ4v) is 3.44. The zero-order valence-electron chi connectivity index (χ0n) is 11.2. The van der Waals surface area contributed by atoms with Crippen molar-refractivity contribution in [1.29, 1.82) is 0 Å². The predicted octanol–water partition coefficient (Wildman–Crippen LogP) is 0.774. The number of nitrogens with one attached hydrogen (secondary N) is 2. The Hall–Kier alpha value is -1.43. The first-order valence-electron chi connectivity index (χ1n) is 6.99. The number of hydrogen-bond donors (Lipinski definition) is 2. The summed E-state index contributed by atoms with van der Waals surface area (Å²) in [5.74, 6) is 1.69. The summed E-state index contributed by atoms with van der Waals surface area (Å²) >= 11 is 0. The van der Waals surface area contributed by atoms with Gasteiger partial charge in [0.05, 0.1) is 12.0 Å². The van der Waals surface area contributed by atoms with Gasteiger partial charge in [0.25, 0.3) is 0 Å². The molecule has 2 heterocycles. The summed E-state index contributed by atoms with van der Waals surface area (Å²) in [4.78, 5) is 16.6. The van der Waals surface area contributed by atoms with E-state index in [1.807, 2.05) is 0 Å². The van der Waals surface area contributed by atoms with E-state index in [0.717, 1.165) is 32.4 Å². The third-order valence-corrected chi connectivity index (χ3v) is 4.47. The molecule has 1 aliphatic heterocycles. The van der Waals surface area contributed by atoms with Crippen LogP contribution in [0.25, 0.3) is 0 Å². The normalized spacial score (nSPS) is 30.1. The van der Waals surface area contributed by atoms with Crippen molar-refractivity contribution in [2.45, 2.75) is 39.2 Å². The van der Waals surface area contributed by atoms with Gasteiger partial charge in [0.2, 0.25) is 11.8 Å². The van der Waals surface area contributed by atoms with Crippen molar-refractivity contribution in [2.75, 3.05) is 13.1 Å². The maximum atomic E-state index is 12.5. The Morgan fingerprint density at radius 2 is 2.47 bits per heavy atom. The lowest BCUT2D eigenvalue weighted by molar-refractivity contribution is -0.134. The van der Waals surface area contributed by atoms with E-state index < -0.39 is 0 Å². The van der Waals surface area contributed by atoms with Gasteiger partial charge in [0.15, 0.2) is 5.82 Å². The Morgan fingerprint density at radius 1 is 1.58 bits per heavy atom. The van der Waals surface area contributed by atoms with Gasteiger partial charge in [-0.2, -0.15) is 4.98 Å². The fourth-order valence-electron chi connectivity index (χ4n) is 3.44. The van der Waals surface area contributed by atoms with Crippen LogP contribution in [0, 0.1) is 18.3 Å². The topological polar surface area (TPSA) is 80.0 Å². The van der Waals surface area contributed by atoms with Crippen molar-refractivity contribution in [2.24, 2.45) is 11.3 Å². The third kappa shape index (κ3) is 2.25. The number of hydrogen-bond acceptors (Lipinski definition) is 5. The number of fused-ring (bicyclic) bond motifs is 1. The molecule has 1 aromatic rings. The molecule has 1 saturated carbocycles. The molecule has 0 aromatic carbocycles. The minimum Gasteiger partial charge on any atom is -0.348 e. The van der Waals surface area contributed by atoms with Crippen molar-refractivity contribution in [3.05, 3.63) is 11.7 Å². The van der Waals surface area contributed by atoms with E-state index in [2.05, 4.69) is 20.8 Å². The van der Waals surface area contributed by atoms with Crippen molar-refractivity contribution in [3.8, 4) is 0 Å². The van der Waals surface area contributed by atoms with Crippen LogP contribution in [0.4, 0.5) is 0 Å². The summed E-state index contributed by atoms with van der Waals surface area (Å²) in [6.07, 6.45) is 4.53. The van der Waals surface area contributed by atoms with Gasteiger partial charge in [-0.25, -0.2) is 0 Å². The Labute approximate surface area is 112 Å². The molecule has 104 valence electrons. The van der Waals surface area contributed by atoms with Crippen LogP contribution in [-0.2, 0) is 11.3 Å². The van der Waals surface area contributed by atoms with Gasteiger partial charge in [-0.05, 0) is 25.3 Å². The Balaban J connectivity index is 1.65. The molecule has 0 bridgehead atoms. The molecule has 1 amide bonds. The molecule has 6 nitrogen and oxygen atoms in total. The minimum atomic E-state index is -0.211. The maximum Gasteiger partial charge on any atom is 0.228 e. The highest BCUT2D eigenvalue weighted by molar-refractivity contribution is 5.83. The molecular weight excluding hydrogens is 244 g/mol. The smallest absolute Gasteiger partial charge is 0.228 e. The lowest BCUT2D eigenvalue weighted by Crippen LogP contribution is -2.47. The predicted molar refractivity (Wildman–Crippen MR) is 68.1 cm³/mol. The Morgan fingerprint density at radius 3 is 3.26 bits per heavy atom. The van der Waals surface area contributed by atoms with Crippen molar-refractivity contribution < 1.29 is 9.32 Å². The van der Waals surface area contributed by atoms with Gasteiger partial charge in [-0.3, -0.25) is 4.79 Å². The second kappa shape index (κ2) is 4.92. The summed E-state index contributed by atoms with van der Waals surface area (Å²) in [7, 11) is 0. The van der Waals surface area contributed by atoms with Gasteiger partial charge in [0, 0.05) is 13.5 Å². The van der Waals surface area contributed by atoms with Gasteiger partial charge < -0.3 is 15.2 Å². The van der Waals surface area contributed by atoms with Crippen molar-refractivity contribution in [1.82, 2.24) is 20.8 Å². The number of nitrogens with zero attached hydrogens (tertiary/aromatic N) is 2. The lowest BCUT2D eigenvalue weighted by Gasteiger charge is -2.36. The van der Waals surface area contributed by atoms with E-state index in [-0.39, 0.29) is 11.3 Å². The lowest BCUT2D eigenvalue weighted by atomic mass is 9.67. The van der Waals surface area contributed by atoms with Crippen LogP contribution in [0.3, 0.4) is 0 Å². The number of rotatable bonds is 3.